The Bertz CT molecular complexity index is 727. The first-order valence-corrected chi connectivity index (χ1v) is 9.76. The largest absolute Gasteiger partial charge is 0.348 e. The fraction of sp³-hybridized carbons (Fsp3) is 0.556. The molecule has 4 rings (SSSR count). The number of carbonyl (C=O) groups excluding carboxylic acids is 1. The van der Waals surface area contributed by atoms with E-state index in [4.69, 9.17) is 4.98 Å². The molecule has 1 unspecified atom stereocenters. The van der Waals surface area contributed by atoms with Gasteiger partial charge in [0, 0.05) is 25.2 Å². The van der Waals surface area contributed by atoms with Crippen molar-refractivity contribution >= 4 is 63.1 Å². The highest BCUT2D eigenvalue weighted by Gasteiger charge is 2.17. The second-order valence-electron chi connectivity index (χ2n) is 6.82. The molecule has 1 aromatic heterocycles. The lowest BCUT2D eigenvalue weighted by Crippen LogP contribution is -2.16. The van der Waals surface area contributed by atoms with E-state index in [-0.39, 0.29) is 30.7 Å². The van der Waals surface area contributed by atoms with E-state index in [1.165, 1.54) is 19.3 Å². The lowest BCUT2D eigenvalue weighted by atomic mass is 10.0. The number of anilines is 2. The number of aromatic nitrogens is 1. The van der Waals surface area contributed by atoms with Crippen molar-refractivity contribution < 1.29 is 4.79 Å². The van der Waals surface area contributed by atoms with Crippen LogP contribution in [0.15, 0.2) is 18.2 Å². The molecule has 0 radical (unpaired) electrons. The van der Waals surface area contributed by atoms with E-state index >= 15 is 0 Å². The maximum absolute atomic E-state index is 12.2. The monoisotopic (exact) mass is 416 g/mol. The lowest BCUT2D eigenvalue weighted by molar-refractivity contribution is -0.116. The SMILES string of the molecule is Cl.Cl.O=C(CCC1CCNC1)Nc1ccc2nc(N3CCCC3)sc2c1. The van der Waals surface area contributed by atoms with Crippen molar-refractivity contribution in [2.45, 2.75) is 32.1 Å². The molecule has 2 saturated heterocycles. The zero-order valence-electron chi connectivity index (χ0n) is 14.7. The van der Waals surface area contributed by atoms with Crippen LogP contribution in [0.3, 0.4) is 0 Å². The third-order valence-electron chi connectivity index (χ3n) is 4.98. The van der Waals surface area contributed by atoms with Crippen LogP contribution in [-0.2, 0) is 4.79 Å². The summed E-state index contributed by atoms with van der Waals surface area (Å²) in [7, 11) is 0. The zero-order chi connectivity index (χ0) is 16.4. The zero-order valence-corrected chi connectivity index (χ0v) is 17.2. The smallest absolute Gasteiger partial charge is 0.224 e. The summed E-state index contributed by atoms with van der Waals surface area (Å²) >= 11 is 1.72. The molecular weight excluding hydrogens is 391 g/mol. The summed E-state index contributed by atoms with van der Waals surface area (Å²) in [6, 6.07) is 6.04. The average Bonchev–Trinajstić information content (AvgIpc) is 3.32. The first-order valence-electron chi connectivity index (χ1n) is 8.94. The van der Waals surface area contributed by atoms with E-state index in [0.29, 0.717) is 12.3 Å². The number of amides is 1. The lowest BCUT2D eigenvalue weighted by Gasteiger charge is -2.11. The van der Waals surface area contributed by atoms with Gasteiger partial charge in [0.2, 0.25) is 5.91 Å². The Hall–Kier alpha value is -1.08. The summed E-state index contributed by atoms with van der Waals surface area (Å²) in [5.41, 5.74) is 1.91. The molecule has 0 saturated carbocycles. The molecule has 144 valence electrons. The predicted molar refractivity (Wildman–Crippen MR) is 114 cm³/mol. The quantitative estimate of drug-likeness (QED) is 0.770. The highest BCUT2D eigenvalue weighted by molar-refractivity contribution is 7.22. The van der Waals surface area contributed by atoms with Gasteiger partial charge in [0.25, 0.3) is 0 Å². The van der Waals surface area contributed by atoms with E-state index in [9.17, 15) is 4.79 Å². The van der Waals surface area contributed by atoms with Crippen LogP contribution < -0.4 is 15.5 Å². The van der Waals surface area contributed by atoms with Crippen molar-refractivity contribution in [3.63, 3.8) is 0 Å². The first-order chi connectivity index (χ1) is 11.8. The molecule has 2 aliphatic rings. The number of fused-ring (bicyclic) bond motifs is 1. The highest BCUT2D eigenvalue weighted by atomic mass is 35.5. The molecule has 3 heterocycles. The van der Waals surface area contributed by atoms with Crippen molar-refractivity contribution in [1.29, 1.82) is 0 Å². The van der Waals surface area contributed by atoms with Gasteiger partial charge in [-0.15, -0.1) is 24.8 Å². The van der Waals surface area contributed by atoms with Crippen LogP contribution >= 0.6 is 36.2 Å². The molecule has 8 heteroatoms. The minimum atomic E-state index is 0. The van der Waals surface area contributed by atoms with Crippen molar-refractivity contribution in [2.75, 3.05) is 36.4 Å². The van der Waals surface area contributed by atoms with Crippen LogP contribution in [0.2, 0.25) is 0 Å². The Kier molecular flexibility index (Phi) is 7.95. The van der Waals surface area contributed by atoms with E-state index in [1.807, 2.05) is 12.1 Å². The number of benzene rings is 1. The van der Waals surface area contributed by atoms with Crippen LogP contribution in [0.4, 0.5) is 10.8 Å². The molecule has 2 fully saturated rings. The van der Waals surface area contributed by atoms with Gasteiger partial charge in [-0.05, 0) is 62.9 Å². The first kappa shape index (κ1) is 21.2. The third kappa shape index (κ3) is 5.00. The van der Waals surface area contributed by atoms with Crippen LogP contribution in [0.5, 0.6) is 0 Å². The Morgan fingerprint density at radius 3 is 2.85 bits per heavy atom. The molecule has 1 amide bonds. The van der Waals surface area contributed by atoms with Crippen LogP contribution in [0.25, 0.3) is 10.2 Å². The number of hydrogen-bond donors (Lipinski definition) is 2. The van der Waals surface area contributed by atoms with Gasteiger partial charge in [-0.1, -0.05) is 11.3 Å². The molecule has 26 heavy (non-hydrogen) atoms. The third-order valence-corrected chi connectivity index (χ3v) is 6.06. The Labute approximate surface area is 170 Å². The number of thiazole rings is 1. The molecule has 2 aliphatic heterocycles. The van der Waals surface area contributed by atoms with E-state index in [2.05, 4.69) is 21.6 Å². The molecule has 2 aromatic rings. The second-order valence-corrected chi connectivity index (χ2v) is 7.83. The van der Waals surface area contributed by atoms with E-state index < -0.39 is 0 Å². The van der Waals surface area contributed by atoms with E-state index in [1.54, 1.807) is 11.3 Å². The van der Waals surface area contributed by atoms with Gasteiger partial charge in [0.05, 0.1) is 10.2 Å². The number of hydrogen-bond acceptors (Lipinski definition) is 5. The van der Waals surface area contributed by atoms with Crippen LogP contribution in [0.1, 0.15) is 32.1 Å². The van der Waals surface area contributed by atoms with Gasteiger partial charge < -0.3 is 15.5 Å². The average molecular weight is 417 g/mol. The number of nitrogens with one attached hydrogen (secondary N) is 2. The minimum absolute atomic E-state index is 0. The highest BCUT2D eigenvalue weighted by Crippen LogP contribution is 2.32. The maximum Gasteiger partial charge on any atom is 0.224 e. The predicted octanol–water partition coefficient (Wildman–Crippen LogP) is 4.07. The summed E-state index contributed by atoms with van der Waals surface area (Å²) in [6.45, 7) is 4.37. The molecule has 0 bridgehead atoms. The summed E-state index contributed by atoms with van der Waals surface area (Å²) in [5, 5.41) is 7.50. The summed E-state index contributed by atoms with van der Waals surface area (Å²) in [6.07, 6.45) is 5.29. The molecule has 1 atom stereocenters. The summed E-state index contributed by atoms with van der Waals surface area (Å²) in [4.78, 5) is 19.3. The van der Waals surface area contributed by atoms with Crippen LogP contribution in [-0.4, -0.2) is 37.1 Å². The van der Waals surface area contributed by atoms with Gasteiger partial charge >= 0.3 is 0 Å². The molecule has 0 spiro atoms. The molecule has 1 aromatic carbocycles. The Morgan fingerprint density at radius 2 is 2.12 bits per heavy atom. The van der Waals surface area contributed by atoms with Gasteiger partial charge in [-0.3, -0.25) is 4.79 Å². The molecular formula is C18H26Cl2N4OS. The van der Waals surface area contributed by atoms with Gasteiger partial charge in [0.15, 0.2) is 5.13 Å². The summed E-state index contributed by atoms with van der Waals surface area (Å²) < 4.78 is 1.15. The van der Waals surface area contributed by atoms with Crippen molar-refractivity contribution in [3.8, 4) is 0 Å². The second kappa shape index (κ2) is 9.74. The topological polar surface area (TPSA) is 57.3 Å². The van der Waals surface area contributed by atoms with Crippen LogP contribution in [0, 0.1) is 5.92 Å². The maximum atomic E-state index is 12.2. The summed E-state index contributed by atoms with van der Waals surface area (Å²) in [5.74, 6) is 0.772. The van der Waals surface area contributed by atoms with Crippen molar-refractivity contribution in [1.82, 2.24) is 10.3 Å². The Balaban J connectivity index is 0.00000121. The Morgan fingerprint density at radius 1 is 1.31 bits per heavy atom. The van der Waals surface area contributed by atoms with Crippen molar-refractivity contribution in [3.05, 3.63) is 18.2 Å². The normalized spacial score (nSPS) is 19.2. The molecule has 2 N–H and O–H groups in total. The molecule has 5 nitrogen and oxygen atoms in total. The fourth-order valence-corrected chi connectivity index (χ4v) is 4.61. The standard InChI is InChI=1S/C18H24N4OS.2ClH/c23-17(6-3-13-7-8-19-12-13)20-14-4-5-15-16(11-14)24-18(21-15)22-9-1-2-10-22;;/h4-5,11,13,19H,1-3,6-10,12H2,(H,20,23);2*1H. The molecule has 0 aliphatic carbocycles. The number of nitrogens with zero attached hydrogens (tertiary/aromatic N) is 2. The number of halogens is 2. The minimum Gasteiger partial charge on any atom is -0.348 e. The van der Waals surface area contributed by atoms with E-state index in [0.717, 1.165) is 53.6 Å². The van der Waals surface area contributed by atoms with Gasteiger partial charge in [0.1, 0.15) is 0 Å². The number of rotatable bonds is 5. The van der Waals surface area contributed by atoms with Gasteiger partial charge in [-0.2, -0.15) is 0 Å². The van der Waals surface area contributed by atoms with Crippen molar-refractivity contribution in [2.24, 2.45) is 5.92 Å². The fourth-order valence-electron chi connectivity index (χ4n) is 3.55. The number of carbonyl (C=O) groups is 1. The van der Waals surface area contributed by atoms with Gasteiger partial charge in [-0.25, -0.2) is 4.98 Å².